The minimum atomic E-state index is -0.00372. The van der Waals surface area contributed by atoms with Crippen molar-refractivity contribution >= 4 is 39.1 Å². The summed E-state index contributed by atoms with van der Waals surface area (Å²) in [6, 6.07) is 5.91. The number of rotatable bonds is 6. The van der Waals surface area contributed by atoms with Gasteiger partial charge in [-0.25, -0.2) is 4.98 Å². The number of carbonyl (C=O) groups is 1. The van der Waals surface area contributed by atoms with Crippen LogP contribution >= 0.6 is 23.1 Å². The first-order valence-electron chi connectivity index (χ1n) is 9.89. The number of carbonyl (C=O) groups excluding carboxylic acids is 1. The zero-order valence-electron chi connectivity index (χ0n) is 16.8. The van der Waals surface area contributed by atoms with Gasteiger partial charge < -0.3 is 0 Å². The summed E-state index contributed by atoms with van der Waals surface area (Å²) >= 11 is 2.98. The summed E-state index contributed by atoms with van der Waals surface area (Å²) in [6.45, 7) is 8.13. The molecule has 0 saturated carbocycles. The Morgan fingerprint density at radius 1 is 1.31 bits per heavy atom. The van der Waals surface area contributed by atoms with E-state index in [0.717, 1.165) is 46.2 Å². The van der Waals surface area contributed by atoms with E-state index in [1.165, 1.54) is 28.6 Å². The van der Waals surface area contributed by atoms with Crippen LogP contribution in [0.15, 0.2) is 40.8 Å². The van der Waals surface area contributed by atoms with Crippen molar-refractivity contribution in [2.24, 2.45) is 0 Å². The maximum Gasteiger partial charge on any atom is 0.263 e. The van der Waals surface area contributed by atoms with Crippen molar-refractivity contribution in [3.63, 3.8) is 0 Å². The van der Waals surface area contributed by atoms with Crippen LogP contribution < -0.4 is 5.56 Å². The minimum Gasteiger partial charge on any atom is -0.293 e. The van der Waals surface area contributed by atoms with Gasteiger partial charge in [0.1, 0.15) is 4.83 Å². The standard InChI is InChI=1S/C23H24N2O2S2/c1-4-11-25-22(27)20-16-7-5-6-8-19(16)29-21(20)24-23(25)28-13-18(26)17-12-14(2)9-10-15(17)3/h4,9-10,12H,1,5-8,11,13H2,2-3H3. The summed E-state index contributed by atoms with van der Waals surface area (Å²) in [4.78, 5) is 33.0. The van der Waals surface area contributed by atoms with Gasteiger partial charge in [-0.3, -0.25) is 14.2 Å². The highest BCUT2D eigenvalue weighted by molar-refractivity contribution is 7.99. The molecule has 2 heterocycles. The molecule has 4 rings (SSSR count). The minimum absolute atomic E-state index is 0.00372. The van der Waals surface area contributed by atoms with Crippen molar-refractivity contribution in [1.82, 2.24) is 9.55 Å². The zero-order valence-corrected chi connectivity index (χ0v) is 18.4. The van der Waals surface area contributed by atoms with E-state index in [0.29, 0.717) is 11.7 Å². The maximum absolute atomic E-state index is 13.3. The lowest BCUT2D eigenvalue weighted by Crippen LogP contribution is -2.23. The van der Waals surface area contributed by atoms with E-state index in [1.807, 2.05) is 32.0 Å². The zero-order chi connectivity index (χ0) is 20.5. The van der Waals surface area contributed by atoms with E-state index in [-0.39, 0.29) is 17.1 Å². The van der Waals surface area contributed by atoms with Gasteiger partial charge in [0.15, 0.2) is 10.9 Å². The molecular weight excluding hydrogens is 400 g/mol. The van der Waals surface area contributed by atoms with Crippen molar-refractivity contribution in [2.75, 3.05) is 5.75 Å². The second-order valence-corrected chi connectivity index (χ2v) is 9.55. The van der Waals surface area contributed by atoms with Gasteiger partial charge in [0.05, 0.1) is 11.1 Å². The predicted molar refractivity (Wildman–Crippen MR) is 122 cm³/mol. The molecule has 0 unspecified atom stereocenters. The quantitative estimate of drug-likeness (QED) is 0.239. The first-order chi connectivity index (χ1) is 14.0. The van der Waals surface area contributed by atoms with Gasteiger partial charge in [-0.05, 0) is 56.7 Å². The van der Waals surface area contributed by atoms with E-state index < -0.39 is 0 Å². The fraction of sp³-hybridized carbons (Fsp3) is 0.348. The molecule has 0 aliphatic heterocycles. The molecule has 0 saturated heterocycles. The van der Waals surface area contributed by atoms with Gasteiger partial charge in [-0.2, -0.15) is 0 Å². The van der Waals surface area contributed by atoms with Crippen LogP contribution in [0.2, 0.25) is 0 Å². The summed E-state index contributed by atoms with van der Waals surface area (Å²) < 4.78 is 1.66. The molecular formula is C23H24N2O2S2. The fourth-order valence-electron chi connectivity index (χ4n) is 3.86. The molecule has 1 aromatic carbocycles. The summed E-state index contributed by atoms with van der Waals surface area (Å²) in [5.41, 5.74) is 3.96. The molecule has 0 fully saturated rings. The Balaban J connectivity index is 1.70. The number of thioether (sulfide) groups is 1. The number of hydrogen-bond acceptors (Lipinski definition) is 5. The summed E-state index contributed by atoms with van der Waals surface area (Å²) in [7, 11) is 0. The number of ketones is 1. The van der Waals surface area contributed by atoms with E-state index in [1.54, 1.807) is 22.0 Å². The normalized spacial score (nSPS) is 13.4. The average molecular weight is 425 g/mol. The molecule has 0 amide bonds. The van der Waals surface area contributed by atoms with Crippen LogP contribution in [0.5, 0.6) is 0 Å². The van der Waals surface area contributed by atoms with Gasteiger partial charge in [0.25, 0.3) is 5.56 Å². The SMILES string of the molecule is C=CCn1c(SCC(=O)c2cc(C)ccc2C)nc2sc3c(c2c1=O)CCCC3. The Kier molecular flexibility index (Phi) is 5.74. The molecule has 0 radical (unpaired) electrons. The highest BCUT2D eigenvalue weighted by atomic mass is 32.2. The molecule has 0 N–H and O–H groups in total. The highest BCUT2D eigenvalue weighted by Gasteiger charge is 2.22. The Morgan fingerprint density at radius 3 is 2.90 bits per heavy atom. The molecule has 6 heteroatoms. The van der Waals surface area contributed by atoms with Gasteiger partial charge in [0.2, 0.25) is 0 Å². The number of fused-ring (bicyclic) bond motifs is 3. The highest BCUT2D eigenvalue weighted by Crippen LogP contribution is 2.34. The first-order valence-corrected chi connectivity index (χ1v) is 11.7. The van der Waals surface area contributed by atoms with E-state index in [2.05, 4.69) is 6.58 Å². The second-order valence-electron chi connectivity index (χ2n) is 7.52. The lowest BCUT2D eigenvalue weighted by molar-refractivity contribution is 0.102. The number of aromatic nitrogens is 2. The van der Waals surface area contributed by atoms with E-state index in [4.69, 9.17) is 4.98 Å². The number of Topliss-reactive ketones (excluding diaryl/α,β-unsaturated/α-hetero) is 1. The summed E-state index contributed by atoms with van der Waals surface area (Å²) in [6.07, 6.45) is 6.00. The summed E-state index contributed by atoms with van der Waals surface area (Å²) in [5, 5.41) is 1.37. The van der Waals surface area contributed by atoms with Gasteiger partial charge in [0, 0.05) is 17.0 Å². The predicted octanol–water partition coefficient (Wildman–Crippen LogP) is 5.11. The van der Waals surface area contributed by atoms with Crippen molar-refractivity contribution < 1.29 is 4.79 Å². The van der Waals surface area contributed by atoms with Crippen molar-refractivity contribution in [3.8, 4) is 0 Å². The molecule has 4 nitrogen and oxygen atoms in total. The Hall–Kier alpha value is -2.18. The molecule has 1 aliphatic carbocycles. The van der Waals surface area contributed by atoms with Crippen molar-refractivity contribution in [2.45, 2.75) is 51.2 Å². The molecule has 0 bridgehead atoms. The Labute approximate surface area is 178 Å². The molecule has 150 valence electrons. The van der Waals surface area contributed by atoms with Crippen LogP contribution in [0, 0.1) is 13.8 Å². The third-order valence-electron chi connectivity index (χ3n) is 5.38. The maximum atomic E-state index is 13.3. The van der Waals surface area contributed by atoms with Crippen molar-refractivity contribution in [1.29, 1.82) is 0 Å². The third-order valence-corrected chi connectivity index (χ3v) is 7.54. The topological polar surface area (TPSA) is 52.0 Å². The smallest absolute Gasteiger partial charge is 0.263 e. The first kappa shape index (κ1) is 20.1. The van der Waals surface area contributed by atoms with E-state index >= 15 is 0 Å². The van der Waals surface area contributed by atoms with Gasteiger partial charge in [-0.1, -0.05) is 35.5 Å². The molecule has 3 aromatic rings. The number of benzene rings is 1. The average Bonchev–Trinajstić information content (AvgIpc) is 3.09. The number of nitrogens with zero attached hydrogens (tertiary/aromatic N) is 2. The number of thiophene rings is 1. The largest absolute Gasteiger partial charge is 0.293 e. The fourth-order valence-corrected chi connectivity index (χ4v) is 6.06. The molecule has 0 spiro atoms. The molecule has 2 aromatic heterocycles. The Morgan fingerprint density at radius 2 is 2.10 bits per heavy atom. The number of allylic oxidation sites excluding steroid dienone is 1. The molecule has 1 aliphatic rings. The monoisotopic (exact) mass is 424 g/mol. The lowest BCUT2D eigenvalue weighted by Gasteiger charge is -2.12. The third kappa shape index (κ3) is 3.83. The second kappa shape index (κ2) is 8.28. The lowest BCUT2D eigenvalue weighted by atomic mass is 9.97. The van der Waals surface area contributed by atoms with Crippen LogP contribution in [0.25, 0.3) is 10.2 Å². The van der Waals surface area contributed by atoms with Crippen LogP contribution in [0.3, 0.4) is 0 Å². The van der Waals surface area contributed by atoms with Gasteiger partial charge >= 0.3 is 0 Å². The van der Waals surface area contributed by atoms with Crippen LogP contribution in [0.1, 0.15) is 44.8 Å². The number of hydrogen-bond donors (Lipinski definition) is 0. The molecule has 29 heavy (non-hydrogen) atoms. The van der Waals surface area contributed by atoms with Crippen molar-refractivity contribution in [3.05, 3.63) is 68.3 Å². The van der Waals surface area contributed by atoms with Gasteiger partial charge in [-0.15, -0.1) is 17.9 Å². The van der Waals surface area contributed by atoms with Crippen LogP contribution in [-0.4, -0.2) is 21.1 Å². The van der Waals surface area contributed by atoms with E-state index in [9.17, 15) is 9.59 Å². The number of aryl methyl sites for hydroxylation is 4. The Bertz CT molecular complexity index is 1170. The molecule has 0 atom stereocenters. The van der Waals surface area contributed by atoms with Crippen LogP contribution in [-0.2, 0) is 19.4 Å². The summed E-state index contributed by atoms with van der Waals surface area (Å²) in [5.74, 6) is 0.311. The van der Waals surface area contributed by atoms with Crippen LogP contribution in [0.4, 0.5) is 0 Å².